The molecular weight excluding hydrogens is 235 g/mol. The van der Waals surface area contributed by atoms with Crippen LogP contribution in [0.5, 0.6) is 0 Å². The van der Waals surface area contributed by atoms with Crippen LogP contribution in [0.3, 0.4) is 0 Å². The third-order valence-corrected chi connectivity index (χ3v) is 4.83. The van der Waals surface area contributed by atoms with E-state index in [0.29, 0.717) is 5.75 Å². The number of thiol groups is 1. The van der Waals surface area contributed by atoms with Gasteiger partial charge in [-0.1, -0.05) is 9.39 Å². The quantitative estimate of drug-likeness (QED) is 0.323. The summed E-state index contributed by atoms with van der Waals surface area (Å²) in [5.74, 6) is 0.534. The number of hydrogen-bond donors (Lipinski definition) is 2. The van der Waals surface area contributed by atoms with Crippen molar-refractivity contribution in [3.05, 3.63) is 0 Å². The van der Waals surface area contributed by atoms with Gasteiger partial charge in [-0.15, -0.1) is 10.6 Å². The van der Waals surface area contributed by atoms with E-state index in [-0.39, 0.29) is 11.2 Å². The zero-order valence-electron chi connectivity index (χ0n) is 5.82. The third kappa shape index (κ3) is 5.78. The average molecular weight is 245 g/mol. The summed E-state index contributed by atoms with van der Waals surface area (Å²) in [4.78, 5) is 11.2. The van der Waals surface area contributed by atoms with E-state index in [1.54, 1.807) is 0 Å². The molecule has 8 heteroatoms. The molecule has 0 aromatic carbocycles. The van der Waals surface area contributed by atoms with Crippen molar-refractivity contribution in [2.45, 2.75) is 6.04 Å². The molecule has 0 spiro atoms. The molecule has 11 heavy (non-hydrogen) atoms. The SMILES string of the molecule is O=C(SSBP)[C@H](CS)NP. The lowest BCUT2D eigenvalue weighted by Crippen LogP contribution is -2.29. The van der Waals surface area contributed by atoms with Crippen LogP contribution in [0.4, 0.5) is 0 Å². The van der Waals surface area contributed by atoms with Gasteiger partial charge in [0.1, 0.15) is 0 Å². The molecule has 0 aliphatic carbocycles. The Hall–Kier alpha value is 1.60. The molecule has 0 bridgehead atoms. The highest BCUT2D eigenvalue weighted by atomic mass is 33.1. The highest BCUT2D eigenvalue weighted by Crippen LogP contribution is 2.23. The second-order valence-corrected chi connectivity index (χ2v) is 5.63. The lowest BCUT2D eigenvalue weighted by Gasteiger charge is -2.09. The predicted octanol–water partition coefficient (Wildman–Crippen LogP) is 0.714. The second-order valence-electron chi connectivity index (χ2n) is 1.59. The van der Waals surface area contributed by atoms with Crippen LogP contribution in [-0.2, 0) is 4.79 Å². The van der Waals surface area contributed by atoms with Crippen LogP contribution >= 0.6 is 52.6 Å². The molecule has 64 valence electrons. The Balaban J connectivity index is 3.61. The molecule has 0 saturated carbocycles. The minimum atomic E-state index is -0.155. The first-order valence-electron chi connectivity index (χ1n) is 2.86. The summed E-state index contributed by atoms with van der Waals surface area (Å²) >= 11 is 4.03. The highest BCUT2D eigenvalue weighted by molar-refractivity contribution is 8.92. The van der Waals surface area contributed by atoms with Crippen molar-refractivity contribution >= 4 is 64.0 Å². The summed E-state index contributed by atoms with van der Waals surface area (Å²) in [6.07, 6.45) is 0.868. The summed E-state index contributed by atoms with van der Waals surface area (Å²) in [7, 11) is 7.67. The van der Waals surface area contributed by atoms with Gasteiger partial charge in [0, 0.05) is 5.75 Å². The Morgan fingerprint density at radius 3 is 2.82 bits per heavy atom. The van der Waals surface area contributed by atoms with Crippen LogP contribution in [0.25, 0.3) is 0 Å². The fourth-order valence-electron chi connectivity index (χ4n) is 0.345. The molecule has 0 amide bonds. The molecule has 0 heterocycles. The van der Waals surface area contributed by atoms with Gasteiger partial charge in [0.25, 0.3) is 0 Å². The van der Waals surface area contributed by atoms with Crippen molar-refractivity contribution in [3.8, 4) is 0 Å². The summed E-state index contributed by atoms with van der Waals surface area (Å²) in [6.45, 7) is 0. The smallest absolute Gasteiger partial charge is 0.228 e. The molecule has 0 rings (SSSR count). The summed E-state index contributed by atoms with van der Waals surface area (Å²) in [5, 5.41) is 2.94. The Morgan fingerprint density at radius 2 is 2.45 bits per heavy atom. The standard InChI is InChI=1S/C3H10BNOP2S3/c6-3(10-11-4-7)2(1-9)5-8/h2,4-5,9H,1,7-8H2/t2-/m0/s1. The minimum absolute atomic E-state index is 0.127. The first-order valence-corrected chi connectivity index (χ1v) is 7.21. The fraction of sp³-hybridized carbons (Fsp3) is 0.667. The first-order chi connectivity index (χ1) is 5.26. The van der Waals surface area contributed by atoms with Crippen molar-refractivity contribution in [2.75, 3.05) is 5.75 Å². The van der Waals surface area contributed by atoms with Gasteiger partial charge in [0.2, 0.25) is 11.4 Å². The van der Waals surface area contributed by atoms with Crippen LogP contribution in [0.15, 0.2) is 0 Å². The topological polar surface area (TPSA) is 29.1 Å². The molecule has 0 aliphatic heterocycles. The maximum Gasteiger partial charge on any atom is 0.228 e. The van der Waals surface area contributed by atoms with E-state index >= 15 is 0 Å². The Labute approximate surface area is 85.5 Å². The lowest BCUT2D eigenvalue weighted by atomic mass is 10.4. The summed E-state index contributed by atoms with van der Waals surface area (Å²) in [6, 6.07) is -0.155. The largest absolute Gasteiger partial charge is 0.289 e. The summed E-state index contributed by atoms with van der Waals surface area (Å²) < 4.78 is 0. The van der Waals surface area contributed by atoms with E-state index < -0.39 is 0 Å². The Bertz CT molecular complexity index is 125. The molecule has 0 saturated heterocycles. The van der Waals surface area contributed by atoms with Gasteiger partial charge in [-0.25, -0.2) is 0 Å². The van der Waals surface area contributed by atoms with E-state index in [1.165, 1.54) is 21.4 Å². The molecule has 0 aromatic heterocycles. The van der Waals surface area contributed by atoms with Crippen LogP contribution in [0.2, 0.25) is 0 Å². The molecule has 2 nitrogen and oxygen atoms in total. The van der Waals surface area contributed by atoms with E-state index in [0.717, 1.165) is 6.28 Å². The molecule has 0 aromatic rings. The summed E-state index contributed by atoms with van der Waals surface area (Å²) in [5.41, 5.74) is 0. The van der Waals surface area contributed by atoms with Crippen LogP contribution in [0, 0.1) is 0 Å². The third-order valence-electron chi connectivity index (χ3n) is 0.877. The maximum absolute atomic E-state index is 11.2. The van der Waals surface area contributed by atoms with Crippen molar-refractivity contribution in [3.63, 3.8) is 0 Å². The van der Waals surface area contributed by atoms with Crippen LogP contribution < -0.4 is 5.09 Å². The van der Waals surface area contributed by atoms with Gasteiger partial charge in [-0.2, -0.15) is 21.7 Å². The minimum Gasteiger partial charge on any atom is -0.289 e. The zero-order valence-corrected chi connectivity index (χ0v) is 10.7. The molecule has 0 aliphatic rings. The lowest BCUT2D eigenvalue weighted by molar-refractivity contribution is -0.111. The molecule has 1 N–H and O–H groups in total. The molecule has 0 fully saturated rings. The fourth-order valence-corrected chi connectivity index (χ4v) is 3.29. The molecular formula is C3H10BNOP2S3. The van der Waals surface area contributed by atoms with Gasteiger partial charge in [-0.05, 0) is 10.8 Å². The maximum atomic E-state index is 11.2. The monoisotopic (exact) mass is 245 g/mol. The number of rotatable bonds is 5. The average Bonchev–Trinajstić information content (AvgIpc) is 2.03. The van der Waals surface area contributed by atoms with Crippen molar-refractivity contribution in [1.82, 2.24) is 5.09 Å². The van der Waals surface area contributed by atoms with Crippen molar-refractivity contribution < 1.29 is 4.79 Å². The highest BCUT2D eigenvalue weighted by Gasteiger charge is 2.14. The molecule has 3 atom stereocenters. The number of carbonyl (C=O) groups is 1. The number of hydrogen-bond acceptors (Lipinski definition) is 5. The Kier molecular flexibility index (Phi) is 9.41. The van der Waals surface area contributed by atoms with Gasteiger partial charge in [-0.3, -0.25) is 9.88 Å². The Morgan fingerprint density at radius 1 is 1.82 bits per heavy atom. The predicted molar refractivity (Wildman–Crippen MR) is 67.5 cm³/mol. The van der Waals surface area contributed by atoms with Crippen molar-refractivity contribution in [1.29, 1.82) is 0 Å². The second kappa shape index (κ2) is 8.21. The van der Waals surface area contributed by atoms with E-state index in [9.17, 15) is 4.79 Å². The first kappa shape index (κ1) is 12.6. The van der Waals surface area contributed by atoms with Crippen LogP contribution in [0.1, 0.15) is 0 Å². The van der Waals surface area contributed by atoms with Crippen LogP contribution in [-0.4, -0.2) is 23.2 Å². The van der Waals surface area contributed by atoms with Gasteiger partial charge >= 0.3 is 0 Å². The van der Waals surface area contributed by atoms with Gasteiger partial charge < -0.3 is 0 Å². The molecule has 0 radical (unpaired) electrons. The van der Waals surface area contributed by atoms with E-state index in [2.05, 4.69) is 36.2 Å². The molecule has 2 unspecified atom stereocenters. The number of nitrogens with one attached hydrogen (secondary N) is 1. The van der Waals surface area contributed by atoms with E-state index in [1.807, 2.05) is 0 Å². The van der Waals surface area contributed by atoms with Crippen molar-refractivity contribution in [2.24, 2.45) is 0 Å². The number of carbonyl (C=O) groups excluding carboxylic acids is 1. The van der Waals surface area contributed by atoms with E-state index in [4.69, 9.17) is 0 Å². The normalized spacial score (nSPS) is 12.6. The van der Waals surface area contributed by atoms with Gasteiger partial charge in [0.15, 0.2) is 0 Å². The van der Waals surface area contributed by atoms with Gasteiger partial charge in [0.05, 0.1) is 6.04 Å². The zero-order chi connectivity index (χ0) is 8.69.